The summed E-state index contributed by atoms with van der Waals surface area (Å²) in [6.45, 7) is 4.27. The summed E-state index contributed by atoms with van der Waals surface area (Å²) >= 11 is 0. The predicted molar refractivity (Wildman–Crippen MR) is 47.3 cm³/mol. The van der Waals surface area contributed by atoms with Crippen LogP contribution in [0.1, 0.15) is 33.1 Å². The van der Waals surface area contributed by atoms with Gasteiger partial charge in [0.15, 0.2) is 6.10 Å². The van der Waals surface area contributed by atoms with Crippen molar-refractivity contribution in [2.24, 2.45) is 5.92 Å². The van der Waals surface area contributed by atoms with Gasteiger partial charge in [0.2, 0.25) is 0 Å². The lowest BCUT2D eigenvalue weighted by molar-refractivity contribution is -0.144. The van der Waals surface area contributed by atoms with Crippen molar-refractivity contribution in [2.75, 3.05) is 6.61 Å². The maximum Gasteiger partial charge on any atom is 0.338 e. The summed E-state index contributed by atoms with van der Waals surface area (Å²) in [5.74, 6) is 0.607. The van der Waals surface area contributed by atoms with Gasteiger partial charge in [0, 0.05) is 0 Å². The number of hydrogen-bond acceptors (Lipinski definition) is 3. The zero-order valence-electron chi connectivity index (χ0n) is 8.21. The molecule has 0 aromatic carbocycles. The van der Waals surface area contributed by atoms with Crippen molar-refractivity contribution in [1.82, 2.24) is 0 Å². The van der Waals surface area contributed by atoms with Crippen LogP contribution in [-0.2, 0) is 14.3 Å². The third-order valence-corrected chi connectivity index (χ3v) is 2.78. The molecule has 0 N–H and O–H groups in total. The van der Waals surface area contributed by atoms with Crippen molar-refractivity contribution >= 4 is 5.97 Å². The highest BCUT2D eigenvalue weighted by molar-refractivity contribution is 5.79. The predicted octanol–water partition coefficient (Wildman–Crippen LogP) is 1.51. The molecule has 2 fully saturated rings. The zero-order valence-corrected chi connectivity index (χ0v) is 8.21. The summed E-state index contributed by atoms with van der Waals surface area (Å²) in [6.07, 6.45) is 3.34. The van der Waals surface area contributed by atoms with Crippen LogP contribution in [0, 0.1) is 5.92 Å². The standard InChI is InChI=1S/C10H16O3/c1-3-12-9(11)8-10(2,13-8)6-7-4-5-7/h7-8H,3-6H2,1-2H3. The van der Waals surface area contributed by atoms with Crippen molar-refractivity contribution in [2.45, 2.75) is 44.8 Å². The van der Waals surface area contributed by atoms with Crippen LogP contribution in [0.5, 0.6) is 0 Å². The first-order valence-electron chi connectivity index (χ1n) is 5.00. The lowest BCUT2D eigenvalue weighted by Gasteiger charge is -2.03. The summed E-state index contributed by atoms with van der Waals surface area (Å²) in [5.41, 5.74) is -0.201. The minimum absolute atomic E-state index is 0.189. The summed E-state index contributed by atoms with van der Waals surface area (Å²) < 4.78 is 10.3. The molecule has 2 rings (SSSR count). The largest absolute Gasteiger partial charge is 0.464 e. The molecular formula is C10H16O3. The molecular weight excluding hydrogens is 168 g/mol. The quantitative estimate of drug-likeness (QED) is 0.491. The third-order valence-electron chi connectivity index (χ3n) is 2.78. The summed E-state index contributed by atoms with van der Waals surface area (Å²) in [6, 6.07) is 0. The maximum absolute atomic E-state index is 11.3. The average molecular weight is 184 g/mol. The smallest absolute Gasteiger partial charge is 0.338 e. The molecule has 1 heterocycles. The number of rotatable bonds is 4. The lowest BCUT2D eigenvalue weighted by Crippen LogP contribution is -2.20. The molecule has 0 amide bonds. The highest BCUT2D eigenvalue weighted by atomic mass is 16.7. The van der Waals surface area contributed by atoms with Crippen molar-refractivity contribution in [1.29, 1.82) is 0 Å². The van der Waals surface area contributed by atoms with E-state index in [4.69, 9.17) is 9.47 Å². The molecule has 1 saturated carbocycles. The van der Waals surface area contributed by atoms with Crippen LogP contribution >= 0.6 is 0 Å². The Bertz CT molecular complexity index is 222. The number of ether oxygens (including phenoxy) is 2. The van der Waals surface area contributed by atoms with E-state index in [0.717, 1.165) is 12.3 Å². The van der Waals surface area contributed by atoms with Gasteiger partial charge in [0.25, 0.3) is 0 Å². The second-order valence-corrected chi connectivity index (χ2v) is 4.21. The Balaban J connectivity index is 1.81. The maximum atomic E-state index is 11.3. The number of epoxide rings is 1. The molecule has 3 nitrogen and oxygen atoms in total. The van der Waals surface area contributed by atoms with Crippen LogP contribution < -0.4 is 0 Å². The molecule has 2 aliphatic rings. The molecule has 3 heteroatoms. The summed E-state index contributed by atoms with van der Waals surface area (Å²) in [5, 5.41) is 0. The van der Waals surface area contributed by atoms with E-state index in [1.807, 2.05) is 13.8 Å². The fourth-order valence-corrected chi connectivity index (χ4v) is 1.80. The average Bonchev–Trinajstić information content (AvgIpc) is 2.92. The van der Waals surface area contributed by atoms with E-state index in [0.29, 0.717) is 6.61 Å². The van der Waals surface area contributed by atoms with Crippen LogP contribution in [0.25, 0.3) is 0 Å². The first-order valence-corrected chi connectivity index (χ1v) is 5.00. The molecule has 1 aliphatic carbocycles. The van der Waals surface area contributed by atoms with Crippen molar-refractivity contribution in [3.63, 3.8) is 0 Å². The van der Waals surface area contributed by atoms with Crippen molar-refractivity contribution in [3.05, 3.63) is 0 Å². The molecule has 0 radical (unpaired) electrons. The van der Waals surface area contributed by atoms with Crippen LogP contribution in [0.4, 0.5) is 0 Å². The molecule has 1 saturated heterocycles. The zero-order chi connectivity index (χ0) is 9.47. The summed E-state index contributed by atoms with van der Waals surface area (Å²) in [7, 11) is 0. The summed E-state index contributed by atoms with van der Waals surface area (Å²) in [4.78, 5) is 11.3. The highest BCUT2D eigenvalue weighted by Gasteiger charge is 2.59. The lowest BCUT2D eigenvalue weighted by atomic mass is 10.0. The van der Waals surface area contributed by atoms with Crippen LogP contribution in [0.15, 0.2) is 0 Å². The Morgan fingerprint density at radius 1 is 1.62 bits per heavy atom. The Labute approximate surface area is 78.4 Å². The first-order chi connectivity index (χ1) is 6.15. The van der Waals surface area contributed by atoms with E-state index in [9.17, 15) is 4.79 Å². The number of hydrogen-bond donors (Lipinski definition) is 0. The fourth-order valence-electron chi connectivity index (χ4n) is 1.80. The van der Waals surface area contributed by atoms with Crippen LogP contribution in [-0.4, -0.2) is 24.3 Å². The molecule has 0 spiro atoms. The van der Waals surface area contributed by atoms with Gasteiger partial charge in [0.1, 0.15) is 5.60 Å². The van der Waals surface area contributed by atoms with Gasteiger partial charge in [-0.2, -0.15) is 0 Å². The van der Waals surface area contributed by atoms with Gasteiger partial charge in [-0.25, -0.2) is 4.79 Å². The SMILES string of the molecule is CCOC(=O)C1OC1(C)CC1CC1. The van der Waals surface area contributed by atoms with Gasteiger partial charge in [0.05, 0.1) is 6.61 Å². The van der Waals surface area contributed by atoms with Gasteiger partial charge in [-0.15, -0.1) is 0 Å². The second-order valence-electron chi connectivity index (χ2n) is 4.21. The Kier molecular flexibility index (Phi) is 2.06. The van der Waals surface area contributed by atoms with E-state index in [-0.39, 0.29) is 17.7 Å². The first kappa shape index (κ1) is 9.00. The van der Waals surface area contributed by atoms with Crippen LogP contribution in [0.2, 0.25) is 0 Å². The number of carbonyl (C=O) groups excluding carboxylic acids is 1. The van der Waals surface area contributed by atoms with E-state index in [1.54, 1.807) is 0 Å². The van der Waals surface area contributed by atoms with Crippen LogP contribution in [0.3, 0.4) is 0 Å². The molecule has 74 valence electrons. The van der Waals surface area contributed by atoms with E-state index < -0.39 is 0 Å². The molecule has 0 aromatic rings. The van der Waals surface area contributed by atoms with Gasteiger partial charge in [-0.3, -0.25) is 0 Å². The molecule has 2 atom stereocenters. The van der Waals surface area contributed by atoms with Gasteiger partial charge >= 0.3 is 5.97 Å². The van der Waals surface area contributed by atoms with Gasteiger partial charge in [-0.05, 0) is 26.2 Å². The fraction of sp³-hybridized carbons (Fsp3) is 0.900. The third kappa shape index (κ3) is 1.85. The highest BCUT2D eigenvalue weighted by Crippen LogP contribution is 2.48. The van der Waals surface area contributed by atoms with Crippen molar-refractivity contribution < 1.29 is 14.3 Å². The molecule has 0 bridgehead atoms. The van der Waals surface area contributed by atoms with Gasteiger partial charge in [-0.1, -0.05) is 12.8 Å². The van der Waals surface area contributed by atoms with E-state index >= 15 is 0 Å². The number of carbonyl (C=O) groups is 1. The minimum atomic E-state index is -0.284. The Morgan fingerprint density at radius 2 is 2.31 bits per heavy atom. The van der Waals surface area contributed by atoms with Gasteiger partial charge < -0.3 is 9.47 Å². The van der Waals surface area contributed by atoms with Crippen molar-refractivity contribution in [3.8, 4) is 0 Å². The molecule has 2 unspecified atom stereocenters. The molecule has 0 aromatic heterocycles. The second kappa shape index (κ2) is 2.98. The molecule has 13 heavy (non-hydrogen) atoms. The number of esters is 1. The Hall–Kier alpha value is -0.570. The topological polar surface area (TPSA) is 38.8 Å². The minimum Gasteiger partial charge on any atom is -0.464 e. The molecule has 1 aliphatic heterocycles. The monoisotopic (exact) mass is 184 g/mol. The van der Waals surface area contributed by atoms with E-state index in [2.05, 4.69) is 0 Å². The van der Waals surface area contributed by atoms with E-state index in [1.165, 1.54) is 12.8 Å². The normalized spacial score (nSPS) is 37.2. The Morgan fingerprint density at radius 3 is 2.85 bits per heavy atom.